The molecule has 0 aliphatic carbocycles. The number of fused-ring (bicyclic) bond motifs is 2. The van der Waals surface area contributed by atoms with Gasteiger partial charge in [-0.15, -0.1) is 0 Å². The van der Waals surface area contributed by atoms with Crippen molar-refractivity contribution in [2.45, 2.75) is 12.2 Å². The Morgan fingerprint density at radius 2 is 2.15 bits per heavy atom. The van der Waals surface area contributed by atoms with E-state index in [1.54, 1.807) is 0 Å². The second kappa shape index (κ2) is 1.90. The van der Waals surface area contributed by atoms with Crippen molar-refractivity contribution >= 4 is 11.6 Å². The van der Waals surface area contributed by atoms with Crippen LogP contribution in [-0.2, 0) is 5.85 Å². The SMILES string of the molecule is FC1Oc2cc3c(Cl)cc2OC31F. The number of alkyl halides is 2. The van der Waals surface area contributed by atoms with Crippen LogP contribution in [0.2, 0.25) is 5.02 Å². The largest absolute Gasteiger partial charge is 0.449 e. The summed E-state index contributed by atoms with van der Waals surface area (Å²) in [7, 11) is 0. The third kappa shape index (κ3) is 0.682. The minimum absolute atomic E-state index is 0.00193. The van der Waals surface area contributed by atoms with Gasteiger partial charge in [0.2, 0.25) is 0 Å². The molecule has 4 aliphatic rings. The third-order valence-electron chi connectivity index (χ3n) is 2.18. The number of halogens is 3. The summed E-state index contributed by atoms with van der Waals surface area (Å²) in [6, 6.07) is 2.77. The topological polar surface area (TPSA) is 18.5 Å². The first-order valence-corrected chi connectivity index (χ1v) is 4.02. The first-order valence-electron chi connectivity index (χ1n) is 3.64. The Morgan fingerprint density at radius 3 is 2.77 bits per heavy atom. The van der Waals surface area contributed by atoms with Gasteiger partial charge in [0, 0.05) is 6.07 Å². The van der Waals surface area contributed by atoms with Crippen LogP contribution in [0.15, 0.2) is 12.1 Å². The third-order valence-corrected chi connectivity index (χ3v) is 2.49. The summed E-state index contributed by atoms with van der Waals surface area (Å²) in [5, 5.41) is 0.165. The van der Waals surface area contributed by atoms with Crippen molar-refractivity contribution < 1.29 is 18.3 Å². The molecule has 2 nitrogen and oxygen atoms in total. The number of hydrogen-bond acceptors (Lipinski definition) is 2. The summed E-state index contributed by atoms with van der Waals surface area (Å²) in [5.41, 5.74) is -0.00193. The quantitative estimate of drug-likeness (QED) is 0.647. The van der Waals surface area contributed by atoms with Crippen LogP contribution in [0.5, 0.6) is 11.5 Å². The molecule has 68 valence electrons. The maximum Gasteiger partial charge on any atom is 0.343 e. The highest BCUT2D eigenvalue weighted by Crippen LogP contribution is 2.54. The van der Waals surface area contributed by atoms with Crippen molar-refractivity contribution in [2.24, 2.45) is 0 Å². The zero-order chi connectivity index (χ0) is 9.22. The minimum Gasteiger partial charge on any atom is -0.449 e. The molecular weight excluding hydrogens is 202 g/mol. The molecule has 0 N–H and O–H groups in total. The Balaban J connectivity index is 2.37. The molecule has 1 aromatic rings. The lowest BCUT2D eigenvalue weighted by Crippen LogP contribution is -2.48. The van der Waals surface area contributed by atoms with Gasteiger partial charge in [-0.25, -0.2) is 0 Å². The van der Waals surface area contributed by atoms with E-state index in [0.29, 0.717) is 0 Å². The molecule has 13 heavy (non-hydrogen) atoms. The summed E-state index contributed by atoms with van der Waals surface area (Å²) < 4.78 is 36.1. The van der Waals surface area contributed by atoms with Gasteiger partial charge in [-0.2, -0.15) is 8.78 Å². The van der Waals surface area contributed by atoms with Crippen molar-refractivity contribution in [3.63, 3.8) is 0 Å². The van der Waals surface area contributed by atoms with E-state index in [9.17, 15) is 8.78 Å². The van der Waals surface area contributed by atoms with Gasteiger partial charge < -0.3 is 9.47 Å². The number of hydrogen-bond donors (Lipinski definition) is 0. The van der Waals surface area contributed by atoms with Gasteiger partial charge in [-0.3, -0.25) is 0 Å². The molecule has 0 fully saturated rings. The molecule has 2 atom stereocenters. The highest BCUT2D eigenvalue weighted by molar-refractivity contribution is 6.31. The predicted octanol–water partition coefficient (Wildman–Crippen LogP) is 2.54. The Morgan fingerprint density at radius 1 is 1.38 bits per heavy atom. The van der Waals surface area contributed by atoms with Gasteiger partial charge in [0.25, 0.3) is 0 Å². The molecule has 4 aliphatic heterocycles. The van der Waals surface area contributed by atoms with E-state index in [4.69, 9.17) is 16.3 Å². The Hall–Kier alpha value is -1.03. The normalized spacial score (nSPS) is 33.0. The molecule has 5 rings (SSSR count). The van der Waals surface area contributed by atoms with Crippen LogP contribution in [0.3, 0.4) is 0 Å². The van der Waals surface area contributed by atoms with E-state index in [0.717, 1.165) is 0 Å². The van der Waals surface area contributed by atoms with Crippen molar-refractivity contribution in [2.75, 3.05) is 0 Å². The highest BCUT2D eigenvalue weighted by Gasteiger charge is 2.56. The summed E-state index contributed by atoms with van der Waals surface area (Å²) in [6.45, 7) is 0. The minimum atomic E-state index is -2.55. The molecule has 1 aromatic carbocycles. The van der Waals surface area contributed by atoms with E-state index >= 15 is 0 Å². The molecule has 4 bridgehead atoms. The van der Waals surface area contributed by atoms with E-state index in [-0.39, 0.29) is 22.1 Å². The van der Waals surface area contributed by atoms with Gasteiger partial charge in [-0.1, -0.05) is 11.6 Å². The maximum absolute atomic E-state index is 13.7. The summed E-state index contributed by atoms with van der Waals surface area (Å²) in [4.78, 5) is 0. The van der Waals surface area contributed by atoms with Crippen molar-refractivity contribution in [1.82, 2.24) is 0 Å². The van der Waals surface area contributed by atoms with Gasteiger partial charge >= 0.3 is 12.2 Å². The molecule has 4 heterocycles. The fraction of sp³-hybridized carbons (Fsp3) is 0.250. The zero-order valence-corrected chi connectivity index (χ0v) is 6.94. The maximum atomic E-state index is 13.7. The van der Waals surface area contributed by atoms with Crippen LogP contribution in [0.25, 0.3) is 0 Å². The van der Waals surface area contributed by atoms with Gasteiger partial charge in [0.15, 0.2) is 11.5 Å². The lowest BCUT2D eigenvalue weighted by molar-refractivity contribution is -0.221. The Kier molecular flexibility index (Phi) is 1.08. The highest BCUT2D eigenvalue weighted by atomic mass is 35.5. The fourth-order valence-electron chi connectivity index (χ4n) is 1.54. The van der Waals surface area contributed by atoms with Crippen LogP contribution in [-0.4, -0.2) is 6.36 Å². The van der Waals surface area contributed by atoms with Gasteiger partial charge in [0.05, 0.1) is 10.6 Å². The first kappa shape index (κ1) is 7.38. The van der Waals surface area contributed by atoms with E-state index < -0.39 is 12.2 Å². The smallest absolute Gasteiger partial charge is 0.343 e. The van der Waals surface area contributed by atoms with E-state index in [1.165, 1.54) is 12.1 Å². The van der Waals surface area contributed by atoms with Crippen LogP contribution < -0.4 is 9.47 Å². The van der Waals surface area contributed by atoms with E-state index in [2.05, 4.69) is 4.74 Å². The first-order chi connectivity index (χ1) is 6.11. The molecule has 0 radical (unpaired) electrons. The number of benzene rings is 1. The van der Waals surface area contributed by atoms with Gasteiger partial charge in [0.1, 0.15) is 0 Å². The standard InChI is InChI=1S/C8H3ClF2O2/c9-4-2-6-5-1-3(4)8(11,13-6)7(10)12-5/h1-2,7H. The number of rotatable bonds is 0. The second-order valence-electron chi connectivity index (χ2n) is 2.96. The van der Waals surface area contributed by atoms with Crippen LogP contribution in [0.1, 0.15) is 5.56 Å². The second-order valence-corrected chi connectivity index (χ2v) is 3.37. The lowest BCUT2D eigenvalue weighted by Gasteiger charge is -2.40. The molecular formula is C8H3ClF2O2. The summed E-state index contributed by atoms with van der Waals surface area (Å²) in [5.74, 6) is -2.20. The zero-order valence-electron chi connectivity index (χ0n) is 6.18. The van der Waals surface area contributed by atoms with Gasteiger partial charge in [-0.05, 0) is 6.07 Å². The molecule has 0 aromatic heterocycles. The monoisotopic (exact) mass is 204 g/mol. The molecule has 2 unspecified atom stereocenters. The Labute approximate surface area is 77.0 Å². The van der Waals surface area contributed by atoms with Crippen molar-refractivity contribution in [1.29, 1.82) is 0 Å². The summed E-state index contributed by atoms with van der Waals surface area (Å²) in [6.07, 6.45) is -2.13. The molecule has 0 saturated carbocycles. The van der Waals surface area contributed by atoms with Crippen LogP contribution in [0.4, 0.5) is 8.78 Å². The fourth-order valence-corrected chi connectivity index (χ4v) is 1.82. The molecule has 0 spiro atoms. The molecule has 0 amide bonds. The average Bonchev–Trinajstić information content (AvgIpc) is 2.05. The van der Waals surface area contributed by atoms with Crippen molar-refractivity contribution in [3.05, 3.63) is 22.7 Å². The molecule has 5 heteroatoms. The lowest BCUT2D eigenvalue weighted by atomic mass is 10.00. The predicted molar refractivity (Wildman–Crippen MR) is 40.4 cm³/mol. The van der Waals surface area contributed by atoms with Crippen molar-refractivity contribution in [3.8, 4) is 11.5 Å². The van der Waals surface area contributed by atoms with Crippen LogP contribution in [0, 0.1) is 0 Å². The number of ether oxygens (including phenoxy) is 2. The molecule has 0 saturated heterocycles. The van der Waals surface area contributed by atoms with E-state index in [1.807, 2.05) is 0 Å². The Bertz CT molecular complexity index is 409. The average molecular weight is 205 g/mol. The van der Waals surface area contributed by atoms with Crippen LogP contribution >= 0.6 is 11.6 Å². The summed E-state index contributed by atoms with van der Waals surface area (Å²) >= 11 is 5.68.